The summed E-state index contributed by atoms with van der Waals surface area (Å²) >= 11 is 0. The van der Waals surface area contributed by atoms with E-state index >= 15 is 0 Å². The van der Waals surface area contributed by atoms with Crippen molar-refractivity contribution in [2.75, 3.05) is 6.61 Å². The van der Waals surface area contributed by atoms with Crippen molar-refractivity contribution in [1.82, 2.24) is 9.55 Å². The summed E-state index contributed by atoms with van der Waals surface area (Å²) in [5, 5.41) is 10.4. The van der Waals surface area contributed by atoms with Gasteiger partial charge in [-0.15, -0.1) is 0 Å². The summed E-state index contributed by atoms with van der Waals surface area (Å²) < 4.78 is 7.60. The number of imidazole rings is 1. The van der Waals surface area contributed by atoms with Crippen LogP contribution in [0.5, 0.6) is 5.75 Å². The maximum Gasteiger partial charge on any atom is 0.123 e. The van der Waals surface area contributed by atoms with Gasteiger partial charge in [-0.25, -0.2) is 4.98 Å². The summed E-state index contributed by atoms with van der Waals surface area (Å²) in [4.78, 5) is 4.28. The molecule has 0 amide bonds. The third-order valence-corrected chi connectivity index (χ3v) is 3.79. The molecule has 0 saturated carbocycles. The van der Waals surface area contributed by atoms with Crippen molar-refractivity contribution in [3.05, 3.63) is 48.0 Å². The Kier molecular flexibility index (Phi) is 3.25. The molecule has 2 aromatic rings. The Morgan fingerprint density at radius 1 is 1.47 bits per heavy atom. The van der Waals surface area contributed by atoms with Crippen molar-refractivity contribution in [3.8, 4) is 5.75 Å². The van der Waals surface area contributed by atoms with Gasteiger partial charge in [0.15, 0.2) is 0 Å². The molecule has 2 heterocycles. The number of aliphatic hydroxyl groups is 1. The molecule has 19 heavy (non-hydrogen) atoms. The molecule has 1 aromatic carbocycles. The van der Waals surface area contributed by atoms with Gasteiger partial charge in [0.2, 0.25) is 0 Å². The molecule has 4 heteroatoms. The number of aliphatic hydroxyl groups excluding tert-OH is 1. The highest BCUT2D eigenvalue weighted by molar-refractivity contribution is 5.40. The second-order valence-corrected chi connectivity index (χ2v) is 5.02. The fourth-order valence-electron chi connectivity index (χ4n) is 2.62. The zero-order valence-electron chi connectivity index (χ0n) is 11.0. The first-order chi connectivity index (χ1) is 9.25. The third-order valence-electron chi connectivity index (χ3n) is 3.79. The van der Waals surface area contributed by atoms with Crippen LogP contribution in [0.25, 0.3) is 0 Å². The summed E-state index contributed by atoms with van der Waals surface area (Å²) in [6.07, 6.45) is 4.81. The second kappa shape index (κ2) is 5.05. The van der Waals surface area contributed by atoms with Crippen LogP contribution in [-0.2, 0) is 13.5 Å². The fraction of sp³-hybridized carbons (Fsp3) is 0.400. The number of nitrogens with zero attached hydrogens (tertiary/aromatic N) is 2. The number of ether oxygens (including phenoxy) is 1. The Morgan fingerprint density at radius 3 is 3.11 bits per heavy atom. The number of fused-ring (bicyclic) bond motifs is 1. The fourth-order valence-corrected chi connectivity index (χ4v) is 2.62. The molecule has 0 spiro atoms. The molecule has 2 unspecified atom stereocenters. The molecule has 1 N–H and O–H groups in total. The first kappa shape index (κ1) is 12.2. The lowest BCUT2D eigenvalue weighted by molar-refractivity contribution is 0.120. The van der Waals surface area contributed by atoms with E-state index in [1.54, 1.807) is 6.20 Å². The molecule has 0 bridgehead atoms. The molecule has 0 fully saturated rings. The molecule has 1 aromatic heterocycles. The Morgan fingerprint density at radius 2 is 2.32 bits per heavy atom. The molecule has 1 aliphatic heterocycles. The molecular weight excluding hydrogens is 240 g/mol. The van der Waals surface area contributed by atoms with E-state index in [1.807, 2.05) is 42.1 Å². The highest BCUT2D eigenvalue weighted by Crippen LogP contribution is 2.36. The Hall–Kier alpha value is -1.81. The molecule has 100 valence electrons. The van der Waals surface area contributed by atoms with E-state index in [1.165, 1.54) is 0 Å². The minimum absolute atomic E-state index is 0.0801. The SMILES string of the molecule is Cn1ccnc1CCC(O)C1COc2ccccc21. The van der Waals surface area contributed by atoms with Crippen LogP contribution in [0, 0.1) is 0 Å². The van der Waals surface area contributed by atoms with Crippen LogP contribution in [0.15, 0.2) is 36.7 Å². The van der Waals surface area contributed by atoms with Crippen molar-refractivity contribution in [2.45, 2.75) is 24.9 Å². The van der Waals surface area contributed by atoms with E-state index in [9.17, 15) is 5.11 Å². The van der Waals surface area contributed by atoms with Gasteiger partial charge >= 0.3 is 0 Å². The van der Waals surface area contributed by atoms with Gasteiger partial charge in [-0.05, 0) is 12.5 Å². The van der Waals surface area contributed by atoms with Crippen LogP contribution in [0.4, 0.5) is 0 Å². The lowest BCUT2D eigenvalue weighted by Crippen LogP contribution is -2.21. The molecule has 0 saturated heterocycles. The molecule has 1 aliphatic rings. The van der Waals surface area contributed by atoms with Gasteiger partial charge in [0.25, 0.3) is 0 Å². The van der Waals surface area contributed by atoms with Crippen LogP contribution in [0.3, 0.4) is 0 Å². The number of hydrogen-bond donors (Lipinski definition) is 1. The van der Waals surface area contributed by atoms with Gasteiger partial charge in [-0.1, -0.05) is 18.2 Å². The molecule has 2 atom stereocenters. The lowest BCUT2D eigenvalue weighted by atomic mass is 9.92. The van der Waals surface area contributed by atoms with E-state index in [4.69, 9.17) is 4.74 Å². The smallest absolute Gasteiger partial charge is 0.123 e. The summed E-state index contributed by atoms with van der Waals surface area (Å²) in [7, 11) is 1.97. The first-order valence-electron chi connectivity index (χ1n) is 6.61. The minimum Gasteiger partial charge on any atom is -0.493 e. The summed E-state index contributed by atoms with van der Waals surface area (Å²) in [6.45, 7) is 0.571. The van der Waals surface area contributed by atoms with Crippen molar-refractivity contribution in [1.29, 1.82) is 0 Å². The summed E-state index contributed by atoms with van der Waals surface area (Å²) in [5.74, 6) is 1.99. The van der Waals surface area contributed by atoms with Crippen LogP contribution < -0.4 is 4.74 Å². The molecule has 3 rings (SSSR count). The highest BCUT2D eigenvalue weighted by Gasteiger charge is 2.29. The first-order valence-corrected chi connectivity index (χ1v) is 6.61. The number of benzene rings is 1. The average molecular weight is 258 g/mol. The standard InChI is InChI=1S/C15H18N2O2/c1-17-9-8-16-15(17)7-6-13(18)12-10-19-14-5-3-2-4-11(12)14/h2-5,8-9,12-13,18H,6-7,10H2,1H3. The maximum atomic E-state index is 10.4. The van der Waals surface area contributed by atoms with E-state index < -0.39 is 0 Å². The Bertz CT molecular complexity index is 565. The largest absolute Gasteiger partial charge is 0.493 e. The van der Waals surface area contributed by atoms with Crippen LogP contribution in [0.1, 0.15) is 23.7 Å². The van der Waals surface area contributed by atoms with Crippen LogP contribution in [0.2, 0.25) is 0 Å². The molecule has 4 nitrogen and oxygen atoms in total. The van der Waals surface area contributed by atoms with Gasteiger partial charge in [0.05, 0.1) is 12.7 Å². The Labute approximate surface area is 112 Å². The quantitative estimate of drug-likeness (QED) is 0.911. The van der Waals surface area contributed by atoms with Gasteiger partial charge in [-0.3, -0.25) is 0 Å². The number of hydrogen-bond acceptors (Lipinski definition) is 3. The van der Waals surface area contributed by atoms with E-state index in [0.29, 0.717) is 13.0 Å². The van der Waals surface area contributed by atoms with Crippen molar-refractivity contribution in [3.63, 3.8) is 0 Å². The predicted octanol–water partition coefficient (Wildman–Crippen LogP) is 1.89. The van der Waals surface area contributed by atoms with Gasteiger partial charge in [0, 0.05) is 37.3 Å². The normalized spacial score (nSPS) is 18.9. The Balaban J connectivity index is 1.66. The van der Waals surface area contributed by atoms with E-state index in [0.717, 1.165) is 23.6 Å². The number of para-hydroxylation sites is 1. The third kappa shape index (κ3) is 2.36. The number of aryl methyl sites for hydroxylation is 2. The topological polar surface area (TPSA) is 47.3 Å². The van der Waals surface area contributed by atoms with E-state index in [-0.39, 0.29) is 12.0 Å². The summed E-state index contributed by atoms with van der Waals surface area (Å²) in [6, 6.07) is 7.95. The van der Waals surface area contributed by atoms with E-state index in [2.05, 4.69) is 4.98 Å². The van der Waals surface area contributed by atoms with Crippen molar-refractivity contribution < 1.29 is 9.84 Å². The molecule has 0 aliphatic carbocycles. The van der Waals surface area contributed by atoms with Crippen LogP contribution in [-0.4, -0.2) is 27.4 Å². The zero-order valence-corrected chi connectivity index (χ0v) is 11.0. The average Bonchev–Trinajstić information content (AvgIpc) is 3.02. The highest BCUT2D eigenvalue weighted by atomic mass is 16.5. The number of aromatic nitrogens is 2. The van der Waals surface area contributed by atoms with Gasteiger partial charge in [-0.2, -0.15) is 0 Å². The monoisotopic (exact) mass is 258 g/mol. The zero-order chi connectivity index (χ0) is 13.2. The van der Waals surface area contributed by atoms with Gasteiger partial charge in [0.1, 0.15) is 11.6 Å². The molecule has 0 radical (unpaired) electrons. The second-order valence-electron chi connectivity index (χ2n) is 5.02. The van der Waals surface area contributed by atoms with Crippen molar-refractivity contribution in [2.24, 2.45) is 7.05 Å². The summed E-state index contributed by atoms with van der Waals surface area (Å²) in [5.41, 5.74) is 1.12. The van der Waals surface area contributed by atoms with Gasteiger partial charge < -0.3 is 14.4 Å². The number of rotatable bonds is 4. The minimum atomic E-state index is -0.389. The van der Waals surface area contributed by atoms with Crippen molar-refractivity contribution >= 4 is 0 Å². The predicted molar refractivity (Wildman–Crippen MR) is 72.2 cm³/mol. The van der Waals surface area contributed by atoms with Crippen LogP contribution >= 0.6 is 0 Å². The maximum absolute atomic E-state index is 10.4. The molecular formula is C15H18N2O2. The lowest BCUT2D eigenvalue weighted by Gasteiger charge is -2.16.